The number of halogens is 2. The molecule has 3 aromatic carbocycles. The average Bonchev–Trinajstić information content (AvgIpc) is 3.13. The maximum atomic E-state index is 13.1. The number of thioether (sulfide) groups is 1. The smallest absolute Gasteiger partial charge is 0.298 e. The number of rotatable bonds is 9. The van der Waals surface area contributed by atoms with Gasteiger partial charge in [-0.2, -0.15) is 0 Å². The van der Waals surface area contributed by atoms with Gasteiger partial charge in [0, 0.05) is 15.6 Å². The molecule has 0 spiro atoms. The molecule has 1 fully saturated rings. The largest absolute Gasteiger partial charge is 0.490 e. The average molecular weight is 540 g/mol. The van der Waals surface area contributed by atoms with Gasteiger partial charge < -0.3 is 9.47 Å². The van der Waals surface area contributed by atoms with E-state index >= 15 is 0 Å². The first kappa shape index (κ1) is 25.9. The number of anilines is 1. The molecule has 1 heterocycles. The lowest BCUT2D eigenvalue weighted by Crippen LogP contribution is -2.27. The zero-order chi connectivity index (χ0) is 25.7. The minimum absolute atomic E-state index is 0.316. The van der Waals surface area contributed by atoms with Crippen LogP contribution < -0.4 is 14.4 Å². The third-order valence-corrected chi connectivity index (χ3v) is 6.66. The summed E-state index contributed by atoms with van der Waals surface area (Å²) in [5.41, 5.74) is 3.01. The lowest BCUT2D eigenvalue weighted by atomic mass is 10.0. The Morgan fingerprint density at radius 2 is 1.64 bits per heavy atom. The van der Waals surface area contributed by atoms with Crippen molar-refractivity contribution in [2.24, 2.45) is 0 Å². The summed E-state index contributed by atoms with van der Waals surface area (Å²) in [5.74, 6) is 0.769. The second-order valence-electron chi connectivity index (χ2n) is 7.84. The maximum Gasteiger partial charge on any atom is 0.298 e. The molecule has 36 heavy (non-hydrogen) atoms. The third-order valence-electron chi connectivity index (χ3n) is 5.29. The Morgan fingerprint density at radius 3 is 2.28 bits per heavy atom. The number of amides is 2. The molecular formula is C28H23Cl2NO4S. The van der Waals surface area contributed by atoms with Gasteiger partial charge in [-0.05, 0) is 90.8 Å². The molecule has 2 amide bonds. The van der Waals surface area contributed by atoms with Crippen LogP contribution in [0.15, 0.2) is 78.2 Å². The quantitative estimate of drug-likeness (QED) is 0.204. The van der Waals surface area contributed by atoms with Crippen molar-refractivity contribution in [1.82, 2.24) is 0 Å². The number of benzene rings is 3. The summed E-state index contributed by atoms with van der Waals surface area (Å²) in [7, 11) is 0. The molecule has 1 aliphatic heterocycles. The highest BCUT2D eigenvalue weighted by molar-refractivity contribution is 8.19. The molecular weight excluding hydrogens is 517 g/mol. The van der Waals surface area contributed by atoms with E-state index in [4.69, 9.17) is 32.7 Å². The van der Waals surface area contributed by atoms with Crippen molar-refractivity contribution in [3.63, 3.8) is 0 Å². The summed E-state index contributed by atoms with van der Waals surface area (Å²) in [6.07, 6.45) is 4.00. The van der Waals surface area contributed by atoms with E-state index in [9.17, 15) is 9.59 Å². The second-order valence-corrected chi connectivity index (χ2v) is 9.71. The van der Waals surface area contributed by atoms with Crippen LogP contribution in [-0.4, -0.2) is 17.8 Å². The minimum Gasteiger partial charge on any atom is -0.490 e. The van der Waals surface area contributed by atoms with Gasteiger partial charge in [0.15, 0.2) is 11.5 Å². The number of hydrogen-bond acceptors (Lipinski definition) is 5. The van der Waals surface area contributed by atoms with Gasteiger partial charge in [0.05, 0.1) is 17.2 Å². The molecule has 8 heteroatoms. The molecule has 0 unspecified atom stereocenters. The zero-order valence-electron chi connectivity index (χ0n) is 19.5. The van der Waals surface area contributed by atoms with Crippen molar-refractivity contribution in [2.75, 3.05) is 11.5 Å². The maximum absolute atomic E-state index is 13.1. The Labute approximate surface area is 224 Å². The molecule has 0 aliphatic carbocycles. The van der Waals surface area contributed by atoms with E-state index in [0.29, 0.717) is 51.8 Å². The van der Waals surface area contributed by atoms with E-state index in [1.807, 2.05) is 43.3 Å². The van der Waals surface area contributed by atoms with E-state index in [0.717, 1.165) is 33.4 Å². The van der Waals surface area contributed by atoms with Crippen LogP contribution in [0.4, 0.5) is 10.5 Å². The summed E-state index contributed by atoms with van der Waals surface area (Å²) in [4.78, 5) is 27.2. The van der Waals surface area contributed by atoms with Gasteiger partial charge in [-0.25, -0.2) is 4.90 Å². The highest BCUT2D eigenvalue weighted by Crippen LogP contribution is 2.39. The lowest BCUT2D eigenvalue weighted by Gasteiger charge is -2.17. The fourth-order valence-electron chi connectivity index (χ4n) is 3.67. The highest BCUT2D eigenvalue weighted by Gasteiger charge is 2.36. The Balaban J connectivity index is 1.65. The van der Waals surface area contributed by atoms with Crippen molar-refractivity contribution in [3.05, 3.63) is 105 Å². The van der Waals surface area contributed by atoms with Gasteiger partial charge in [-0.1, -0.05) is 41.4 Å². The Hall–Kier alpha value is -3.19. The zero-order valence-corrected chi connectivity index (χ0v) is 21.8. The minimum atomic E-state index is -0.390. The highest BCUT2D eigenvalue weighted by atomic mass is 35.5. The van der Waals surface area contributed by atoms with Crippen LogP contribution in [0.2, 0.25) is 10.0 Å². The van der Waals surface area contributed by atoms with Crippen molar-refractivity contribution in [2.45, 2.75) is 20.0 Å². The second kappa shape index (κ2) is 11.7. The lowest BCUT2D eigenvalue weighted by molar-refractivity contribution is -0.113. The Bertz CT molecular complexity index is 1320. The standard InChI is InChI=1S/C28H23Cl2NO4S/c1-3-5-20-14-19(15-24(34-4-2)26(20)35-17-18-6-8-21(29)9-7-18)16-25-27(32)31(28(33)36-25)23-12-10-22(30)11-13-23/h3,6-16H,1,4-5,17H2,2H3/b25-16+. The van der Waals surface area contributed by atoms with Crippen molar-refractivity contribution >= 4 is 57.9 Å². The first-order valence-corrected chi connectivity index (χ1v) is 12.8. The van der Waals surface area contributed by atoms with Crippen molar-refractivity contribution in [1.29, 1.82) is 0 Å². The number of carbonyl (C=O) groups is 2. The molecule has 0 saturated carbocycles. The summed E-state index contributed by atoms with van der Waals surface area (Å²) in [5, 5.41) is 0.816. The van der Waals surface area contributed by atoms with Gasteiger partial charge in [-0.3, -0.25) is 9.59 Å². The summed E-state index contributed by atoms with van der Waals surface area (Å²) < 4.78 is 12.1. The number of hydrogen-bond donors (Lipinski definition) is 0. The predicted molar refractivity (Wildman–Crippen MR) is 147 cm³/mol. The van der Waals surface area contributed by atoms with Crippen LogP contribution in [0.5, 0.6) is 11.5 Å². The molecule has 1 aliphatic rings. The fourth-order valence-corrected chi connectivity index (χ4v) is 4.76. The number of ether oxygens (including phenoxy) is 2. The van der Waals surface area contributed by atoms with E-state index in [1.165, 1.54) is 0 Å². The van der Waals surface area contributed by atoms with Gasteiger partial charge in [-0.15, -0.1) is 6.58 Å². The molecule has 0 radical (unpaired) electrons. The molecule has 4 rings (SSSR count). The van der Waals surface area contributed by atoms with Gasteiger partial charge in [0.25, 0.3) is 11.1 Å². The van der Waals surface area contributed by atoms with Crippen LogP contribution in [0.25, 0.3) is 6.08 Å². The SMILES string of the molecule is C=CCc1cc(/C=C2/SC(=O)N(c3ccc(Cl)cc3)C2=O)cc(OCC)c1OCc1ccc(Cl)cc1. The van der Waals surface area contributed by atoms with Crippen LogP contribution in [0.1, 0.15) is 23.6 Å². The van der Waals surface area contributed by atoms with Crippen molar-refractivity contribution in [3.8, 4) is 11.5 Å². The van der Waals surface area contributed by atoms with E-state index in [2.05, 4.69) is 6.58 Å². The van der Waals surface area contributed by atoms with Gasteiger partial charge in [0.2, 0.25) is 0 Å². The molecule has 0 aromatic heterocycles. The molecule has 1 saturated heterocycles. The molecule has 0 N–H and O–H groups in total. The van der Waals surface area contributed by atoms with Crippen LogP contribution >= 0.6 is 35.0 Å². The topological polar surface area (TPSA) is 55.8 Å². The van der Waals surface area contributed by atoms with Crippen LogP contribution in [0, 0.1) is 0 Å². The summed E-state index contributed by atoms with van der Waals surface area (Å²) in [6.45, 7) is 6.52. The van der Waals surface area contributed by atoms with Crippen molar-refractivity contribution < 1.29 is 19.1 Å². The summed E-state index contributed by atoms with van der Waals surface area (Å²) >= 11 is 12.8. The monoisotopic (exact) mass is 539 g/mol. The Kier molecular flexibility index (Phi) is 8.41. The number of allylic oxidation sites excluding steroid dienone is 1. The van der Waals surface area contributed by atoms with E-state index in [1.54, 1.807) is 36.4 Å². The molecule has 3 aromatic rings. The van der Waals surface area contributed by atoms with Crippen LogP contribution in [0.3, 0.4) is 0 Å². The van der Waals surface area contributed by atoms with Gasteiger partial charge in [0.1, 0.15) is 6.61 Å². The molecule has 0 bridgehead atoms. The number of imide groups is 1. The molecule has 0 atom stereocenters. The third kappa shape index (κ3) is 5.95. The van der Waals surface area contributed by atoms with Crippen LogP contribution in [-0.2, 0) is 17.8 Å². The van der Waals surface area contributed by atoms with E-state index < -0.39 is 5.91 Å². The number of carbonyl (C=O) groups excluding carboxylic acids is 2. The normalized spacial score (nSPS) is 14.4. The molecule has 5 nitrogen and oxygen atoms in total. The first-order valence-electron chi connectivity index (χ1n) is 11.2. The number of nitrogens with zero attached hydrogens (tertiary/aromatic N) is 1. The van der Waals surface area contributed by atoms with E-state index in [-0.39, 0.29) is 5.24 Å². The molecule has 184 valence electrons. The Morgan fingerprint density at radius 1 is 0.972 bits per heavy atom. The first-order chi connectivity index (χ1) is 17.4. The van der Waals surface area contributed by atoms with Gasteiger partial charge >= 0.3 is 0 Å². The fraction of sp³-hybridized carbons (Fsp3) is 0.143. The summed E-state index contributed by atoms with van der Waals surface area (Å²) in [6, 6.07) is 17.7. The predicted octanol–water partition coefficient (Wildman–Crippen LogP) is 7.94.